The molecule has 0 unspecified atom stereocenters. The second kappa shape index (κ2) is 10.8. The summed E-state index contributed by atoms with van der Waals surface area (Å²) in [5.74, 6) is 0.0823. The van der Waals surface area contributed by atoms with E-state index in [9.17, 15) is 22.8 Å². The molecule has 1 aromatic rings. The molecule has 0 bridgehead atoms. The minimum atomic E-state index is -4.45. The van der Waals surface area contributed by atoms with Crippen molar-refractivity contribution in [2.75, 3.05) is 13.7 Å². The normalized spacial score (nSPS) is 16.3. The van der Waals surface area contributed by atoms with Gasteiger partial charge in [-0.15, -0.1) is 0 Å². The number of halogens is 3. The van der Waals surface area contributed by atoms with Gasteiger partial charge in [-0.1, -0.05) is 12.2 Å². The second-order valence-electron chi connectivity index (χ2n) is 6.99. The number of nitrogens with zero attached hydrogens (tertiary/aromatic N) is 4. The topological polar surface area (TPSA) is 103 Å². The van der Waals surface area contributed by atoms with Crippen LogP contribution >= 0.6 is 0 Å². The van der Waals surface area contributed by atoms with E-state index in [0.717, 1.165) is 12.2 Å². The lowest BCUT2D eigenvalue weighted by molar-refractivity contribution is -0.140. The molecule has 0 aromatic carbocycles. The highest BCUT2D eigenvalue weighted by atomic mass is 19.4. The first kappa shape index (κ1) is 24.9. The highest BCUT2D eigenvalue weighted by molar-refractivity contribution is 5.69. The molecular weight excluding hydrogens is 427 g/mol. The quantitative estimate of drug-likeness (QED) is 0.343. The molecule has 0 fully saturated rings. The summed E-state index contributed by atoms with van der Waals surface area (Å²) >= 11 is 0. The first-order valence-corrected chi connectivity index (χ1v) is 9.92. The van der Waals surface area contributed by atoms with Gasteiger partial charge in [0, 0.05) is 19.5 Å². The standard InChI is InChI=1S/C21H26F3N5O3/c1-4-28(13-30)12-16-27-18(20(25)26-2)19(29(16)11-5-6-17(31)32-3)14-7-9-15(10-8-14)21(22,23)24/h7,9-10,13H,2,4-6,8,11-12,25H2,1,3H3/b19-14+,20-18+. The van der Waals surface area contributed by atoms with E-state index in [-0.39, 0.29) is 30.6 Å². The summed E-state index contributed by atoms with van der Waals surface area (Å²) in [6.07, 6.45) is 0.205. The van der Waals surface area contributed by atoms with Crippen LogP contribution in [-0.2, 0) is 27.4 Å². The first-order chi connectivity index (χ1) is 15.2. The van der Waals surface area contributed by atoms with Gasteiger partial charge < -0.3 is 19.9 Å². The summed E-state index contributed by atoms with van der Waals surface area (Å²) in [4.78, 5) is 32.7. The van der Waals surface area contributed by atoms with Gasteiger partial charge in [0.25, 0.3) is 0 Å². The predicted octanol–water partition coefficient (Wildman–Crippen LogP) is 1.14. The number of rotatable bonds is 9. The summed E-state index contributed by atoms with van der Waals surface area (Å²) in [7, 11) is 1.29. The fraction of sp³-hybridized carbons (Fsp3) is 0.429. The predicted molar refractivity (Wildman–Crippen MR) is 113 cm³/mol. The molecule has 0 saturated carbocycles. The Labute approximate surface area is 183 Å². The van der Waals surface area contributed by atoms with E-state index in [4.69, 9.17) is 5.73 Å². The zero-order chi connectivity index (χ0) is 23.9. The molecule has 2 rings (SSSR count). The van der Waals surface area contributed by atoms with Crippen LogP contribution in [0.15, 0.2) is 28.8 Å². The number of nitrogens with two attached hydrogens (primary N) is 1. The van der Waals surface area contributed by atoms with Crippen molar-refractivity contribution in [1.29, 1.82) is 0 Å². The highest BCUT2D eigenvalue weighted by Gasteiger charge is 2.32. The van der Waals surface area contributed by atoms with Crippen LogP contribution in [0, 0.1) is 0 Å². The number of carbonyl (C=O) groups excluding carboxylic acids is 2. The minimum Gasteiger partial charge on any atom is -0.469 e. The van der Waals surface area contributed by atoms with Crippen molar-refractivity contribution in [2.24, 2.45) is 10.7 Å². The Morgan fingerprint density at radius 1 is 1.44 bits per heavy atom. The molecule has 0 atom stereocenters. The number of imidazole rings is 1. The third-order valence-corrected chi connectivity index (χ3v) is 4.99. The van der Waals surface area contributed by atoms with Crippen LogP contribution in [-0.4, -0.2) is 53.4 Å². The molecule has 32 heavy (non-hydrogen) atoms. The van der Waals surface area contributed by atoms with Crippen molar-refractivity contribution in [3.63, 3.8) is 0 Å². The van der Waals surface area contributed by atoms with Crippen molar-refractivity contribution in [1.82, 2.24) is 14.5 Å². The van der Waals surface area contributed by atoms with Crippen LogP contribution < -0.4 is 16.4 Å². The van der Waals surface area contributed by atoms with Gasteiger partial charge in [0.2, 0.25) is 6.41 Å². The first-order valence-electron chi connectivity index (χ1n) is 9.92. The van der Waals surface area contributed by atoms with E-state index in [2.05, 4.69) is 21.4 Å². The van der Waals surface area contributed by atoms with Crippen molar-refractivity contribution < 1.29 is 27.5 Å². The molecule has 0 spiro atoms. The van der Waals surface area contributed by atoms with E-state index in [1.165, 1.54) is 18.1 Å². The van der Waals surface area contributed by atoms with Gasteiger partial charge in [-0.2, -0.15) is 13.2 Å². The lowest BCUT2D eigenvalue weighted by Crippen LogP contribution is -2.36. The molecular formula is C21H26F3N5O3. The zero-order valence-electron chi connectivity index (χ0n) is 18.0. The van der Waals surface area contributed by atoms with E-state index in [1.54, 1.807) is 11.5 Å². The largest absolute Gasteiger partial charge is 0.469 e. The van der Waals surface area contributed by atoms with Gasteiger partial charge in [0.05, 0.1) is 24.6 Å². The molecule has 0 radical (unpaired) electrons. The Bertz CT molecular complexity index is 1050. The maximum atomic E-state index is 13.0. The number of alkyl halides is 3. The molecule has 8 nitrogen and oxygen atoms in total. The molecule has 2 N–H and O–H groups in total. The number of allylic oxidation sites excluding steroid dienone is 4. The molecule has 1 amide bonds. The lowest BCUT2D eigenvalue weighted by atomic mass is 10.0. The summed E-state index contributed by atoms with van der Waals surface area (Å²) in [6, 6.07) is 0. The Morgan fingerprint density at radius 3 is 2.66 bits per heavy atom. The maximum absolute atomic E-state index is 13.0. The summed E-state index contributed by atoms with van der Waals surface area (Å²) in [5.41, 5.74) is 5.80. The number of hydrogen-bond acceptors (Lipinski definition) is 6. The Balaban J connectivity index is 2.69. The second-order valence-corrected chi connectivity index (χ2v) is 6.99. The summed E-state index contributed by atoms with van der Waals surface area (Å²) < 4.78 is 45.5. The Kier molecular flexibility index (Phi) is 8.39. The van der Waals surface area contributed by atoms with Crippen LogP contribution in [0.2, 0.25) is 0 Å². The third-order valence-electron chi connectivity index (χ3n) is 4.99. The van der Waals surface area contributed by atoms with Gasteiger partial charge in [-0.3, -0.25) is 9.59 Å². The van der Waals surface area contributed by atoms with Crippen molar-refractivity contribution >= 4 is 30.5 Å². The highest BCUT2D eigenvalue weighted by Crippen LogP contribution is 2.30. The Morgan fingerprint density at radius 2 is 2.16 bits per heavy atom. The van der Waals surface area contributed by atoms with Gasteiger partial charge in [0.1, 0.15) is 11.2 Å². The molecule has 1 aliphatic rings. The SMILES string of the molecule is C=N/C(N)=c1/nc(CN(C=O)CC)n(CCCC(=O)OC)/c1=C1\C=CC(C(F)(F)F)=CC1. The number of hydrogen-bond donors (Lipinski definition) is 1. The summed E-state index contributed by atoms with van der Waals surface area (Å²) in [6.45, 7) is 6.10. The average Bonchev–Trinajstić information content (AvgIpc) is 3.14. The van der Waals surface area contributed by atoms with Crippen molar-refractivity contribution in [2.45, 2.75) is 45.5 Å². The van der Waals surface area contributed by atoms with Crippen LogP contribution in [0.25, 0.3) is 11.4 Å². The van der Waals surface area contributed by atoms with Gasteiger partial charge >= 0.3 is 12.1 Å². The average molecular weight is 453 g/mol. The van der Waals surface area contributed by atoms with E-state index < -0.39 is 17.7 Å². The Hall–Kier alpha value is -3.37. The smallest absolute Gasteiger partial charge is 0.416 e. The monoisotopic (exact) mass is 453 g/mol. The molecule has 174 valence electrons. The number of aliphatic imine (C=N–C) groups is 1. The minimum absolute atomic E-state index is 0.00390. The molecule has 1 aromatic heterocycles. The van der Waals surface area contributed by atoms with E-state index in [0.29, 0.717) is 42.7 Å². The zero-order valence-corrected chi connectivity index (χ0v) is 18.0. The number of aromatic nitrogens is 2. The van der Waals surface area contributed by atoms with Gasteiger partial charge in [-0.25, -0.2) is 9.98 Å². The molecule has 0 aliphatic heterocycles. The number of amides is 1. The molecule has 0 saturated heterocycles. The lowest BCUT2D eigenvalue weighted by Gasteiger charge is -2.17. The fourth-order valence-electron chi connectivity index (χ4n) is 3.26. The van der Waals surface area contributed by atoms with Crippen LogP contribution in [0.3, 0.4) is 0 Å². The molecule has 1 heterocycles. The van der Waals surface area contributed by atoms with E-state index >= 15 is 0 Å². The third kappa shape index (κ3) is 5.86. The molecule has 11 heteroatoms. The van der Waals surface area contributed by atoms with Crippen LogP contribution in [0.4, 0.5) is 13.2 Å². The van der Waals surface area contributed by atoms with Crippen LogP contribution in [0.5, 0.6) is 0 Å². The number of esters is 1. The fourth-order valence-corrected chi connectivity index (χ4v) is 3.26. The van der Waals surface area contributed by atoms with Crippen molar-refractivity contribution in [3.8, 4) is 0 Å². The van der Waals surface area contributed by atoms with Crippen molar-refractivity contribution in [3.05, 3.63) is 40.3 Å². The number of methoxy groups -OCH3 is 1. The summed E-state index contributed by atoms with van der Waals surface area (Å²) in [5, 5.41) is 0.740. The maximum Gasteiger partial charge on any atom is 0.416 e. The van der Waals surface area contributed by atoms with Gasteiger partial charge in [-0.05, 0) is 38.1 Å². The van der Waals surface area contributed by atoms with Gasteiger partial charge in [0.15, 0.2) is 5.82 Å². The van der Waals surface area contributed by atoms with Crippen LogP contribution in [0.1, 0.15) is 32.0 Å². The number of carbonyl (C=O) groups is 2. The van der Waals surface area contributed by atoms with E-state index in [1.807, 2.05) is 0 Å². The number of ether oxygens (including phenoxy) is 1. The molecule has 1 aliphatic carbocycles.